The van der Waals surface area contributed by atoms with Crippen LogP contribution in [0.1, 0.15) is 16.9 Å². The van der Waals surface area contributed by atoms with Crippen molar-refractivity contribution in [1.82, 2.24) is 0 Å². The number of hydrogen-bond donors (Lipinski definition) is 1. The van der Waals surface area contributed by atoms with Gasteiger partial charge in [-0.1, -0.05) is 30.3 Å². The highest BCUT2D eigenvalue weighted by Crippen LogP contribution is 2.27. The van der Waals surface area contributed by atoms with Crippen LogP contribution >= 0.6 is 0 Å². The van der Waals surface area contributed by atoms with Gasteiger partial charge in [-0.2, -0.15) is 0 Å². The molecule has 2 aromatic carbocycles. The summed E-state index contributed by atoms with van der Waals surface area (Å²) in [5, 5.41) is 1.07. The van der Waals surface area contributed by atoms with Crippen LogP contribution in [0.5, 0.6) is 5.75 Å². The van der Waals surface area contributed by atoms with Crippen LogP contribution in [0.15, 0.2) is 52.9 Å². The van der Waals surface area contributed by atoms with Gasteiger partial charge < -0.3 is 14.9 Å². The number of rotatable bonds is 4. The maximum atomic E-state index is 5.87. The van der Waals surface area contributed by atoms with Crippen molar-refractivity contribution in [2.75, 3.05) is 0 Å². The van der Waals surface area contributed by atoms with Crippen LogP contribution in [0.2, 0.25) is 0 Å². The van der Waals surface area contributed by atoms with E-state index < -0.39 is 0 Å². The van der Waals surface area contributed by atoms with Gasteiger partial charge in [0, 0.05) is 10.9 Å². The highest BCUT2D eigenvalue weighted by Gasteiger charge is 2.13. The lowest BCUT2D eigenvalue weighted by Crippen LogP contribution is -2.02. The number of furan rings is 1. The third-order valence-corrected chi connectivity index (χ3v) is 3.34. The predicted molar refractivity (Wildman–Crippen MR) is 79.6 cm³/mol. The second-order valence-corrected chi connectivity index (χ2v) is 4.81. The first-order valence-corrected chi connectivity index (χ1v) is 6.67. The Labute approximate surface area is 118 Å². The first kappa shape index (κ1) is 12.8. The lowest BCUT2D eigenvalue weighted by atomic mass is 10.1. The Kier molecular flexibility index (Phi) is 3.44. The maximum Gasteiger partial charge on any atom is 0.134 e. The highest BCUT2D eigenvalue weighted by atomic mass is 16.5. The molecule has 0 atom stereocenters. The third kappa shape index (κ3) is 2.40. The second kappa shape index (κ2) is 5.39. The Morgan fingerprint density at radius 3 is 2.75 bits per heavy atom. The molecule has 0 bridgehead atoms. The van der Waals surface area contributed by atoms with Crippen LogP contribution in [0.4, 0.5) is 0 Å². The summed E-state index contributed by atoms with van der Waals surface area (Å²) in [5.41, 5.74) is 8.83. The number of ether oxygens (including phenoxy) is 1. The Morgan fingerprint density at radius 1 is 1.10 bits per heavy atom. The van der Waals surface area contributed by atoms with Crippen LogP contribution in [0, 0.1) is 6.92 Å². The molecule has 1 heterocycles. The Hall–Kier alpha value is -2.26. The van der Waals surface area contributed by atoms with Crippen molar-refractivity contribution < 1.29 is 9.15 Å². The van der Waals surface area contributed by atoms with E-state index in [1.807, 2.05) is 55.5 Å². The van der Waals surface area contributed by atoms with Gasteiger partial charge >= 0.3 is 0 Å². The molecule has 0 unspecified atom stereocenters. The maximum absolute atomic E-state index is 5.87. The Morgan fingerprint density at radius 2 is 1.95 bits per heavy atom. The van der Waals surface area contributed by atoms with E-state index in [-0.39, 0.29) is 0 Å². The number of para-hydroxylation sites is 1. The average molecular weight is 267 g/mol. The first-order chi connectivity index (χ1) is 9.78. The summed E-state index contributed by atoms with van der Waals surface area (Å²) in [4.78, 5) is 0. The van der Waals surface area contributed by atoms with Gasteiger partial charge in [0.25, 0.3) is 0 Å². The molecule has 20 heavy (non-hydrogen) atoms. The molecule has 3 heteroatoms. The van der Waals surface area contributed by atoms with Crippen molar-refractivity contribution in [1.29, 1.82) is 0 Å². The van der Waals surface area contributed by atoms with Gasteiger partial charge in [-0.05, 0) is 30.7 Å². The molecule has 3 nitrogen and oxygen atoms in total. The summed E-state index contributed by atoms with van der Waals surface area (Å²) in [6.45, 7) is 2.89. The summed E-state index contributed by atoms with van der Waals surface area (Å²) >= 11 is 0. The minimum absolute atomic E-state index is 0.376. The van der Waals surface area contributed by atoms with Crippen molar-refractivity contribution in [3.05, 3.63) is 65.4 Å². The molecular formula is C17H17NO2. The molecular weight excluding hydrogens is 250 g/mol. The van der Waals surface area contributed by atoms with Crippen molar-refractivity contribution in [2.24, 2.45) is 5.73 Å². The summed E-state index contributed by atoms with van der Waals surface area (Å²) in [7, 11) is 0. The van der Waals surface area contributed by atoms with Crippen LogP contribution < -0.4 is 10.5 Å². The Bertz CT molecular complexity index is 731. The number of fused-ring (bicyclic) bond motifs is 1. The summed E-state index contributed by atoms with van der Waals surface area (Å²) < 4.78 is 11.6. The topological polar surface area (TPSA) is 48.4 Å². The van der Waals surface area contributed by atoms with Crippen LogP contribution in [0.25, 0.3) is 11.0 Å². The minimum Gasteiger partial charge on any atom is -0.489 e. The lowest BCUT2D eigenvalue weighted by molar-refractivity contribution is 0.303. The molecule has 2 N–H and O–H groups in total. The number of aryl methyl sites for hydroxylation is 1. The molecule has 3 aromatic rings. The molecule has 1 aromatic heterocycles. The van der Waals surface area contributed by atoms with Gasteiger partial charge in [-0.25, -0.2) is 0 Å². The molecule has 0 aliphatic carbocycles. The molecule has 0 aliphatic heterocycles. The summed E-state index contributed by atoms with van der Waals surface area (Å²) in [6.07, 6.45) is 0. The normalized spacial score (nSPS) is 10.9. The first-order valence-electron chi connectivity index (χ1n) is 6.67. The van der Waals surface area contributed by atoms with Gasteiger partial charge in [0.1, 0.15) is 23.7 Å². The van der Waals surface area contributed by atoms with Gasteiger partial charge in [-0.3, -0.25) is 0 Å². The zero-order valence-electron chi connectivity index (χ0n) is 11.4. The number of benzene rings is 2. The molecule has 0 aliphatic rings. The number of hydrogen-bond acceptors (Lipinski definition) is 3. The zero-order valence-corrected chi connectivity index (χ0v) is 11.4. The average Bonchev–Trinajstić information content (AvgIpc) is 2.83. The van der Waals surface area contributed by atoms with Crippen LogP contribution in [-0.2, 0) is 13.2 Å². The van der Waals surface area contributed by atoms with E-state index in [1.165, 1.54) is 5.56 Å². The molecule has 0 fully saturated rings. The fourth-order valence-electron chi connectivity index (χ4n) is 2.33. The molecule has 0 amide bonds. The van der Waals surface area contributed by atoms with Gasteiger partial charge in [0.2, 0.25) is 0 Å². The monoisotopic (exact) mass is 267 g/mol. The smallest absolute Gasteiger partial charge is 0.134 e. The number of nitrogens with two attached hydrogens (primary N) is 1. The summed E-state index contributed by atoms with van der Waals surface area (Å²) in [6, 6.07) is 15.9. The third-order valence-electron chi connectivity index (χ3n) is 3.34. The zero-order chi connectivity index (χ0) is 13.9. The van der Waals surface area contributed by atoms with Crippen LogP contribution in [-0.4, -0.2) is 0 Å². The van der Waals surface area contributed by atoms with E-state index >= 15 is 0 Å². The van der Waals surface area contributed by atoms with Gasteiger partial charge in [0.15, 0.2) is 0 Å². The summed E-state index contributed by atoms with van der Waals surface area (Å²) in [5.74, 6) is 1.65. The van der Waals surface area contributed by atoms with E-state index in [2.05, 4.69) is 0 Å². The molecule has 0 spiro atoms. The largest absolute Gasteiger partial charge is 0.489 e. The van der Waals surface area contributed by atoms with E-state index in [4.69, 9.17) is 14.9 Å². The minimum atomic E-state index is 0.376. The van der Waals surface area contributed by atoms with Crippen molar-refractivity contribution in [3.63, 3.8) is 0 Å². The fraction of sp³-hybridized carbons (Fsp3) is 0.176. The molecule has 0 radical (unpaired) electrons. The van der Waals surface area contributed by atoms with Crippen LogP contribution in [0.3, 0.4) is 0 Å². The second-order valence-electron chi connectivity index (χ2n) is 4.81. The quantitative estimate of drug-likeness (QED) is 0.782. The standard InChI is InChI=1S/C17H17NO2/c1-12-5-4-6-13(9-12)19-11-15-14-7-2-3-8-16(14)20-17(15)10-18/h2-9H,10-11,18H2,1H3. The molecule has 0 saturated carbocycles. The SMILES string of the molecule is Cc1cccc(OCc2c(CN)oc3ccccc23)c1. The molecule has 0 saturated heterocycles. The molecule has 3 rings (SSSR count). The van der Waals surface area contributed by atoms with Gasteiger partial charge in [-0.15, -0.1) is 0 Å². The van der Waals surface area contributed by atoms with E-state index in [1.54, 1.807) is 0 Å². The molecule has 102 valence electrons. The fourth-order valence-corrected chi connectivity index (χ4v) is 2.33. The van der Waals surface area contributed by atoms with Crippen molar-refractivity contribution in [2.45, 2.75) is 20.1 Å². The van der Waals surface area contributed by atoms with E-state index in [9.17, 15) is 0 Å². The van der Waals surface area contributed by atoms with Crippen molar-refractivity contribution in [3.8, 4) is 5.75 Å². The highest BCUT2D eigenvalue weighted by molar-refractivity contribution is 5.82. The van der Waals surface area contributed by atoms with E-state index in [0.29, 0.717) is 13.2 Å². The van der Waals surface area contributed by atoms with Crippen molar-refractivity contribution >= 4 is 11.0 Å². The van der Waals surface area contributed by atoms with E-state index in [0.717, 1.165) is 28.0 Å². The Balaban J connectivity index is 1.90. The van der Waals surface area contributed by atoms with Gasteiger partial charge in [0.05, 0.1) is 6.54 Å². The predicted octanol–water partition coefficient (Wildman–Crippen LogP) is 3.78. The lowest BCUT2D eigenvalue weighted by Gasteiger charge is -2.07.